The van der Waals surface area contributed by atoms with Crippen LogP contribution in [0.2, 0.25) is 5.02 Å². The Morgan fingerprint density at radius 3 is 2.70 bits per heavy atom. The highest BCUT2D eigenvalue weighted by molar-refractivity contribution is 7.21. The molecule has 0 aliphatic carbocycles. The van der Waals surface area contributed by atoms with Crippen molar-refractivity contribution in [2.45, 2.75) is 13.8 Å². The molecule has 0 aliphatic heterocycles. The highest BCUT2D eigenvalue weighted by Gasteiger charge is 2.20. The van der Waals surface area contributed by atoms with E-state index in [9.17, 15) is 4.79 Å². The van der Waals surface area contributed by atoms with Crippen LogP contribution in [0.5, 0.6) is 0 Å². The molecule has 2 aromatic carbocycles. The number of aryl methyl sites for hydroxylation is 2. The molecule has 4 rings (SSSR count). The minimum atomic E-state index is -0.137. The summed E-state index contributed by atoms with van der Waals surface area (Å²) in [7, 11) is 0. The van der Waals surface area contributed by atoms with Crippen molar-refractivity contribution in [3.05, 3.63) is 63.8 Å². The topological polar surface area (TPSA) is 34.9 Å². The van der Waals surface area contributed by atoms with Crippen LogP contribution < -0.4 is 0 Å². The van der Waals surface area contributed by atoms with E-state index in [1.165, 1.54) is 11.3 Å². The SMILES string of the molecule is Cc1cc2ncn(C(=O)c3sc4ccccc4c3Cl)c2cc1C. The van der Waals surface area contributed by atoms with E-state index in [2.05, 4.69) is 4.98 Å². The van der Waals surface area contributed by atoms with Gasteiger partial charge in [0.2, 0.25) is 0 Å². The third-order valence-corrected chi connectivity index (χ3v) is 5.77. The van der Waals surface area contributed by atoms with Gasteiger partial charge in [-0.15, -0.1) is 11.3 Å². The lowest BCUT2D eigenvalue weighted by atomic mass is 10.1. The summed E-state index contributed by atoms with van der Waals surface area (Å²) in [6.45, 7) is 4.07. The summed E-state index contributed by atoms with van der Waals surface area (Å²) >= 11 is 7.85. The first kappa shape index (κ1) is 14.4. The molecule has 0 saturated heterocycles. The maximum atomic E-state index is 13.0. The smallest absolute Gasteiger partial charge is 0.267 e. The summed E-state index contributed by atoms with van der Waals surface area (Å²) < 4.78 is 2.59. The van der Waals surface area contributed by atoms with Crippen molar-refractivity contribution in [1.82, 2.24) is 9.55 Å². The number of hydrogen-bond acceptors (Lipinski definition) is 3. The van der Waals surface area contributed by atoms with Gasteiger partial charge in [0.1, 0.15) is 11.2 Å². The van der Waals surface area contributed by atoms with Crippen molar-refractivity contribution in [3.63, 3.8) is 0 Å². The number of rotatable bonds is 1. The molecule has 0 aliphatic rings. The second-order valence-corrected chi connectivity index (χ2v) is 7.02. The first-order valence-corrected chi connectivity index (χ1v) is 8.42. The number of aromatic nitrogens is 2. The summed E-state index contributed by atoms with van der Waals surface area (Å²) in [5.41, 5.74) is 3.93. The van der Waals surface area contributed by atoms with Gasteiger partial charge in [0, 0.05) is 10.1 Å². The zero-order chi connectivity index (χ0) is 16.1. The molecular formula is C18H13ClN2OS. The van der Waals surface area contributed by atoms with E-state index < -0.39 is 0 Å². The Hall–Kier alpha value is -2.17. The molecule has 2 aromatic heterocycles. The van der Waals surface area contributed by atoms with Gasteiger partial charge in [0.25, 0.3) is 5.91 Å². The average molecular weight is 341 g/mol. The van der Waals surface area contributed by atoms with E-state index in [1.807, 2.05) is 50.2 Å². The van der Waals surface area contributed by atoms with Crippen molar-refractivity contribution in [3.8, 4) is 0 Å². The van der Waals surface area contributed by atoms with Crippen LogP contribution in [0.3, 0.4) is 0 Å². The van der Waals surface area contributed by atoms with Crippen molar-refractivity contribution in [1.29, 1.82) is 0 Å². The average Bonchev–Trinajstić information content (AvgIpc) is 3.09. The first-order valence-electron chi connectivity index (χ1n) is 7.22. The lowest BCUT2D eigenvalue weighted by Crippen LogP contribution is -2.09. The van der Waals surface area contributed by atoms with E-state index in [4.69, 9.17) is 11.6 Å². The number of carbonyl (C=O) groups is 1. The van der Waals surface area contributed by atoms with Gasteiger partial charge in [0.15, 0.2) is 0 Å². The Balaban J connectivity index is 1.91. The molecule has 0 saturated carbocycles. The van der Waals surface area contributed by atoms with Crippen molar-refractivity contribution in [2.24, 2.45) is 0 Å². The van der Waals surface area contributed by atoms with Crippen LogP contribution in [0.4, 0.5) is 0 Å². The lowest BCUT2D eigenvalue weighted by molar-refractivity contribution is 0.0968. The summed E-state index contributed by atoms with van der Waals surface area (Å²) in [6.07, 6.45) is 1.58. The van der Waals surface area contributed by atoms with Crippen LogP contribution in [0, 0.1) is 13.8 Å². The molecule has 0 N–H and O–H groups in total. The van der Waals surface area contributed by atoms with Crippen LogP contribution in [0.15, 0.2) is 42.7 Å². The highest BCUT2D eigenvalue weighted by Crippen LogP contribution is 2.36. The lowest BCUT2D eigenvalue weighted by Gasteiger charge is -2.04. The van der Waals surface area contributed by atoms with Gasteiger partial charge in [-0.1, -0.05) is 29.8 Å². The number of carbonyl (C=O) groups excluding carboxylic acids is 1. The highest BCUT2D eigenvalue weighted by atomic mass is 35.5. The molecular weight excluding hydrogens is 328 g/mol. The van der Waals surface area contributed by atoms with Gasteiger partial charge >= 0.3 is 0 Å². The number of nitrogens with zero attached hydrogens (tertiary/aromatic N) is 2. The van der Waals surface area contributed by atoms with E-state index in [0.717, 1.165) is 32.2 Å². The molecule has 114 valence electrons. The first-order chi connectivity index (χ1) is 11.1. The van der Waals surface area contributed by atoms with E-state index >= 15 is 0 Å². The molecule has 3 nitrogen and oxygen atoms in total. The molecule has 0 spiro atoms. The number of thiophene rings is 1. The summed E-state index contributed by atoms with van der Waals surface area (Å²) in [6, 6.07) is 11.8. The molecule has 2 heterocycles. The maximum absolute atomic E-state index is 13.0. The van der Waals surface area contributed by atoms with Crippen LogP contribution in [-0.4, -0.2) is 15.5 Å². The molecule has 23 heavy (non-hydrogen) atoms. The van der Waals surface area contributed by atoms with Crippen molar-refractivity contribution >= 4 is 50.0 Å². The normalized spacial score (nSPS) is 11.4. The van der Waals surface area contributed by atoms with Crippen molar-refractivity contribution < 1.29 is 4.79 Å². The Labute approximate surface area is 142 Å². The number of fused-ring (bicyclic) bond motifs is 2. The Bertz CT molecular complexity index is 1080. The molecule has 0 amide bonds. The Kier molecular flexibility index (Phi) is 3.25. The quantitative estimate of drug-likeness (QED) is 0.476. The largest absolute Gasteiger partial charge is 0.275 e. The van der Waals surface area contributed by atoms with Gasteiger partial charge in [0.05, 0.1) is 16.1 Å². The van der Waals surface area contributed by atoms with Gasteiger partial charge in [-0.25, -0.2) is 4.98 Å². The number of imidazole rings is 1. The number of halogens is 1. The third-order valence-electron chi connectivity index (χ3n) is 4.11. The summed E-state index contributed by atoms with van der Waals surface area (Å²) in [5, 5.41) is 1.43. The Morgan fingerprint density at radius 2 is 1.91 bits per heavy atom. The van der Waals surface area contributed by atoms with Crippen LogP contribution in [0.1, 0.15) is 20.8 Å². The fourth-order valence-electron chi connectivity index (χ4n) is 2.69. The van der Waals surface area contributed by atoms with Gasteiger partial charge in [-0.05, 0) is 43.2 Å². The zero-order valence-electron chi connectivity index (χ0n) is 12.6. The van der Waals surface area contributed by atoms with Crippen LogP contribution in [0.25, 0.3) is 21.1 Å². The minimum Gasteiger partial charge on any atom is -0.267 e. The summed E-state index contributed by atoms with van der Waals surface area (Å²) in [5.74, 6) is -0.137. The van der Waals surface area contributed by atoms with Crippen LogP contribution >= 0.6 is 22.9 Å². The number of hydrogen-bond donors (Lipinski definition) is 0. The molecule has 0 fully saturated rings. The van der Waals surface area contributed by atoms with E-state index in [0.29, 0.717) is 9.90 Å². The van der Waals surface area contributed by atoms with Crippen molar-refractivity contribution in [2.75, 3.05) is 0 Å². The standard InChI is InChI=1S/C18H13ClN2OS/c1-10-7-13-14(8-11(10)2)21(9-20-13)18(22)17-16(19)12-5-3-4-6-15(12)23-17/h3-9H,1-2H3. The predicted molar refractivity (Wildman–Crippen MR) is 95.8 cm³/mol. The molecule has 0 bridgehead atoms. The molecule has 0 radical (unpaired) electrons. The molecule has 0 unspecified atom stereocenters. The van der Waals surface area contributed by atoms with Gasteiger partial charge < -0.3 is 0 Å². The zero-order valence-corrected chi connectivity index (χ0v) is 14.2. The maximum Gasteiger partial charge on any atom is 0.275 e. The second-order valence-electron chi connectivity index (χ2n) is 5.59. The molecule has 4 aromatic rings. The third kappa shape index (κ3) is 2.18. The predicted octanol–water partition coefficient (Wildman–Crippen LogP) is 5.21. The fraction of sp³-hybridized carbons (Fsp3) is 0.111. The van der Waals surface area contributed by atoms with E-state index in [1.54, 1.807) is 10.9 Å². The molecule has 5 heteroatoms. The Morgan fingerprint density at radius 1 is 1.17 bits per heavy atom. The fourth-order valence-corrected chi connectivity index (χ4v) is 4.14. The number of benzene rings is 2. The van der Waals surface area contributed by atoms with Gasteiger partial charge in [-0.2, -0.15) is 0 Å². The monoisotopic (exact) mass is 340 g/mol. The van der Waals surface area contributed by atoms with E-state index in [-0.39, 0.29) is 5.91 Å². The van der Waals surface area contributed by atoms with Crippen LogP contribution in [-0.2, 0) is 0 Å². The minimum absolute atomic E-state index is 0.137. The second kappa shape index (κ2) is 5.18. The molecule has 0 atom stereocenters. The van der Waals surface area contributed by atoms with Gasteiger partial charge in [-0.3, -0.25) is 9.36 Å². The summed E-state index contributed by atoms with van der Waals surface area (Å²) in [4.78, 5) is 17.9.